The van der Waals surface area contributed by atoms with E-state index in [2.05, 4.69) is 20.3 Å². The van der Waals surface area contributed by atoms with E-state index in [1.807, 2.05) is 0 Å². The first-order valence-electron chi connectivity index (χ1n) is 9.80. The van der Waals surface area contributed by atoms with Gasteiger partial charge < -0.3 is 16.0 Å². The SMILES string of the molecule is Cn1ncc2c(=O)n(CC(=O)Nc3cc(C(N)=O)ccc3N3CCCCC3)cnc21. The van der Waals surface area contributed by atoms with E-state index in [9.17, 15) is 14.4 Å². The minimum absolute atomic E-state index is 0.211. The van der Waals surface area contributed by atoms with E-state index < -0.39 is 11.8 Å². The number of carbonyl (C=O) groups excluding carboxylic acids is 2. The number of piperidine rings is 1. The van der Waals surface area contributed by atoms with E-state index >= 15 is 0 Å². The number of amides is 2. The molecule has 1 fully saturated rings. The number of nitrogens with one attached hydrogen (secondary N) is 1. The van der Waals surface area contributed by atoms with Crippen LogP contribution in [-0.2, 0) is 18.4 Å². The fourth-order valence-electron chi connectivity index (χ4n) is 3.72. The van der Waals surface area contributed by atoms with Crippen LogP contribution in [0.15, 0.2) is 35.5 Å². The Hall–Kier alpha value is -3.69. The molecule has 0 unspecified atom stereocenters. The van der Waals surface area contributed by atoms with Gasteiger partial charge >= 0.3 is 0 Å². The average Bonchev–Trinajstić information content (AvgIpc) is 3.12. The first-order valence-corrected chi connectivity index (χ1v) is 9.80. The number of aryl methyl sites for hydroxylation is 1. The number of nitrogens with zero attached hydrogens (tertiary/aromatic N) is 5. The Morgan fingerprint density at radius 2 is 1.97 bits per heavy atom. The number of hydrogen-bond acceptors (Lipinski definition) is 6. The van der Waals surface area contributed by atoms with E-state index in [1.165, 1.54) is 28.2 Å². The number of carbonyl (C=O) groups is 2. The lowest BCUT2D eigenvalue weighted by molar-refractivity contribution is -0.116. The van der Waals surface area contributed by atoms with E-state index in [1.54, 1.807) is 25.2 Å². The number of anilines is 2. The quantitative estimate of drug-likeness (QED) is 0.643. The molecular formula is C20H23N7O3. The summed E-state index contributed by atoms with van der Waals surface area (Å²) in [5.41, 5.74) is 7.17. The molecule has 3 aromatic rings. The molecule has 2 aromatic heterocycles. The highest BCUT2D eigenvalue weighted by atomic mass is 16.2. The first kappa shape index (κ1) is 19.6. The van der Waals surface area contributed by atoms with Crippen LogP contribution in [0.1, 0.15) is 29.6 Å². The summed E-state index contributed by atoms with van der Waals surface area (Å²) in [6.07, 6.45) is 6.07. The highest BCUT2D eigenvalue weighted by Crippen LogP contribution is 2.29. The van der Waals surface area contributed by atoms with E-state index in [0.717, 1.165) is 31.6 Å². The third-order valence-corrected chi connectivity index (χ3v) is 5.28. The monoisotopic (exact) mass is 409 g/mol. The van der Waals surface area contributed by atoms with Gasteiger partial charge in [-0.3, -0.25) is 23.6 Å². The van der Waals surface area contributed by atoms with Crippen LogP contribution in [-0.4, -0.2) is 44.2 Å². The molecule has 0 saturated carbocycles. The Morgan fingerprint density at radius 1 is 1.20 bits per heavy atom. The summed E-state index contributed by atoms with van der Waals surface area (Å²) in [6.45, 7) is 1.54. The highest BCUT2D eigenvalue weighted by Gasteiger charge is 2.18. The van der Waals surface area contributed by atoms with Crippen LogP contribution in [0, 0.1) is 0 Å². The van der Waals surface area contributed by atoms with Crippen LogP contribution in [0.5, 0.6) is 0 Å². The predicted octanol–water partition coefficient (Wildman–Crippen LogP) is 0.858. The van der Waals surface area contributed by atoms with Crippen molar-refractivity contribution in [3.05, 3.63) is 46.6 Å². The highest BCUT2D eigenvalue weighted by molar-refractivity contribution is 5.99. The molecule has 0 aliphatic carbocycles. The summed E-state index contributed by atoms with van der Waals surface area (Å²) < 4.78 is 2.74. The molecule has 0 radical (unpaired) electrons. The van der Waals surface area contributed by atoms with Crippen molar-refractivity contribution < 1.29 is 9.59 Å². The van der Waals surface area contributed by atoms with Gasteiger partial charge in [0.05, 0.1) is 17.6 Å². The van der Waals surface area contributed by atoms with Gasteiger partial charge in [0.2, 0.25) is 11.8 Å². The number of aromatic nitrogens is 4. The summed E-state index contributed by atoms with van der Waals surface area (Å²) in [4.78, 5) is 43.4. The standard InChI is InChI=1S/C20H23N7O3/c1-25-19-14(10-23-25)20(30)27(12-22-19)11-17(28)24-15-9-13(18(21)29)5-6-16(15)26-7-3-2-4-8-26/h5-6,9-10,12H,2-4,7-8,11H2,1H3,(H2,21,29)(H,24,28). The van der Waals surface area contributed by atoms with Gasteiger partial charge in [0.1, 0.15) is 18.3 Å². The van der Waals surface area contributed by atoms with Crippen molar-refractivity contribution in [3.8, 4) is 0 Å². The lowest BCUT2D eigenvalue weighted by Gasteiger charge is -2.30. The maximum atomic E-state index is 12.7. The smallest absolute Gasteiger partial charge is 0.264 e. The zero-order valence-corrected chi connectivity index (χ0v) is 16.7. The molecule has 4 rings (SSSR count). The molecule has 10 nitrogen and oxygen atoms in total. The normalized spacial score (nSPS) is 14.1. The summed E-state index contributed by atoms with van der Waals surface area (Å²) in [6, 6.07) is 5.04. The number of nitrogens with two attached hydrogens (primary N) is 1. The van der Waals surface area contributed by atoms with Crippen LogP contribution in [0.3, 0.4) is 0 Å². The number of hydrogen-bond donors (Lipinski definition) is 2. The van der Waals surface area contributed by atoms with E-state index in [4.69, 9.17) is 5.73 Å². The molecule has 1 aliphatic rings. The molecule has 2 amide bonds. The second-order valence-corrected chi connectivity index (χ2v) is 7.38. The van der Waals surface area contributed by atoms with Gasteiger partial charge in [-0.25, -0.2) is 4.98 Å². The molecular weight excluding hydrogens is 386 g/mol. The number of benzene rings is 1. The molecule has 1 aromatic carbocycles. The van der Waals surface area contributed by atoms with Crippen molar-refractivity contribution in [2.75, 3.05) is 23.3 Å². The lowest BCUT2D eigenvalue weighted by Crippen LogP contribution is -2.32. The van der Waals surface area contributed by atoms with Gasteiger partial charge in [0.25, 0.3) is 5.56 Å². The molecule has 3 heterocycles. The minimum Gasteiger partial charge on any atom is -0.370 e. The maximum absolute atomic E-state index is 12.7. The largest absolute Gasteiger partial charge is 0.370 e. The second-order valence-electron chi connectivity index (χ2n) is 7.38. The Kier molecular flexibility index (Phi) is 5.21. The summed E-state index contributed by atoms with van der Waals surface area (Å²) in [7, 11) is 1.69. The third kappa shape index (κ3) is 3.76. The summed E-state index contributed by atoms with van der Waals surface area (Å²) in [5, 5.41) is 7.21. The molecule has 0 bridgehead atoms. The molecule has 1 aliphatic heterocycles. The van der Waals surface area contributed by atoms with Crippen molar-refractivity contribution >= 4 is 34.2 Å². The summed E-state index contributed by atoms with van der Waals surface area (Å²) in [5.74, 6) is -0.972. The predicted molar refractivity (Wildman–Crippen MR) is 112 cm³/mol. The molecule has 3 N–H and O–H groups in total. The van der Waals surface area contributed by atoms with Crippen LogP contribution in [0.25, 0.3) is 11.0 Å². The minimum atomic E-state index is -0.571. The molecule has 156 valence electrons. The average molecular weight is 409 g/mol. The number of fused-ring (bicyclic) bond motifs is 1. The Bertz CT molecular complexity index is 1170. The molecule has 1 saturated heterocycles. The van der Waals surface area contributed by atoms with E-state index in [0.29, 0.717) is 22.3 Å². The van der Waals surface area contributed by atoms with E-state index in [-0.39, 0.29) is 12.1 Å². The summed E-state index contributed by atoms with van der Waals surface area (Å²) >= 11 is 0. The maximum Gasteiger partial charge on any atom is 0.264 e. The van der Waals surface area contributed by atoms with Crippen LogP contribution < -0.4 is 21.5 Å². The van der Waals surface area contributed by atoms with Crippen molar-refractivity contribution in [1.82, 2.24) is 19.3 Å². The van der Waals surface area contributed by atoms with Crippen molar-refractivity contribution in [3.63, 3.8) is 0 Å². The van der Waals surface area contributed by atoms with Crippen molar-refractivity contribution in [2.45, 2.75) is 25.8 Å². The number of primary amides is 1. The van der Waals surface area contributed by atoms with Gasteiger partial charge in [-0.1, -0.05) is 0 Å². The van der Waals surface area contributed by atoms with Crippen molar-refractivity contribution in [2.24, 2.45) is 12.8 Å². The van der Waals surface area contributed by atoms with Crippen LogP contribution >= 0.6 is 0 Å². The van der Waals surface area contributed by atoms with Crippen LogP contribution in [0.2, 0.25) is 0 Å². The fourth-order valence-corrected chi connectivity index (χ4v) is 3.72. The van der Waals surface area contributed by atoms with Gasteiger partial charge in [-0.2, -0.15) is 5.10 Å². The van der Waals surface area contributed by atoms with Gasteiger partial charge in [0, 0.05) is 25.7 Å². The molecule has 0 atom stereocenters. The van der Waals surface area contributed by atoms with Crippen LogP contribution in [0.4, 0.5) is 11.4 Å². The van der Waals surface area contributed by atoms with Crippen molar-refractivity contribution in [1.29, 1.82) is 0 Å². The molecule has 0 spiro atoms. The molecule has 10 heteroatoms. The second kappa shape index (κ2) is 7.97. The first-order chi connectivity index (χ1) is 14.4. The molecule has 30 heavy (non-hydrogen) atoms. The third-order valence-electron chi connectivity index (χ3n) is 5.28. The zero-order valence-electron chi connectivity index (χ0n) is 16.7. The van der Waals surface area contributed by atoms with Gasteiger partial charge in [-0.05, 0) is 37.5 Å². The Balaban J connectivity index is 1.60. The number of rotatable bonds is 5. The Labute approximate surface area is 172 Å². The topological polar surface area (TPSA) is 128 Å². The fraction of sp³-hybridized carbons (Fsp3) is 0.350. The van der Waals surface area contributed by atoms with Gasteiger partial charge in [0.15, 0.2) is 5.65 Å². The Morgan fingerprint density at radius 3 is 2.70 bits per heavy atom. The zero-order chi connectivity index (χ0) is 21.3. The lowest BCUT2D eigenvalue weighted by atomic mass is 10.1. The van der Waals surface area contributed by atoms with Gasteiger partial charge in [-0.15, -0.1) is 0 Å².